The molecule has 102 valence electrons. The Hall–Kier alpha value is -0.510. The van der Waals surface area contributed by atoms with Crippen LogP contribution in [0, 0.1) is 0 Å². The van der Waals surface area contributed by atoms with Crippen LogP contribution < -0.4 is 5.32 Å². The molecule has 1 aromatic rings. The van der Waals surface area contributed by atoms with E-state index in [0.29, 0.717) is 19.6 Å². The number of sulfonamides is 1. The summed E-state index contributed by atoms with van der Waals surface area (Å²) in [6.07, 6.45) is 0. The lowest BCUT2D eigenvalue weighted by Gasteiger charge is -2.41. The van der Waals surface area contributed by atoms with Gasteiger partial charge in [-0.1, -0.05) is 5.21 Å². The highest BCUT2D eigenvalue weighted by molar-refractivity contribution is 9.10. The minimum atomic E-state index is -3.60. The molecule has 0 bridgehead atoms. The van der Waals surface area contributed by atoms with Gasteiger partial charge in [-0.15, -0.1) is 5.10 Å². The van der Waals surface area contributed by atoms with E-state index < -0.39 is 15.6 Å². The Morgan fingerprint density at radius 3 is 2.61 bits per heavy atom. The Labute approximate surface area is 115 Å². The van der Waals surface area contributed by atoms with E-state index in [1.807, 2.05) is 13.8 Å². The van der Waals surface area contributed by atoms with Gasteiger partial charge < -0.3 is 5.32 Å². The first-order valence-electron chi connectivity index (χ1n) is 5.55. The maximum Gasteiger partial charge on any atom is 0.263 e. The Kier molecular flexibility index (Phi) is 3.52. The summed E-state index contributed by atoms with van der Waals surface area (Å²) in [7, 11) is -2.03. The topological polar surface area (TPSA) is 80.1 Å². The Morgan fingerprint density at radius 2 is 2.11 bits per heavy atom. The number of nitrogens with zero attached hydrogens (tertiary/aromatic N) is 4. The molecule has 0 aliphatic carbocycles. The largest absolute Gasteiger partial charge is 0.314 e. The summed E-state index contributed by atoms with van der Waals surface area (Å²) < 4.78 is 28.4. The van der Waals surface area contributed by atoms with Crippen molar-refractivity contribution in [1.29, 1.82) is 0 Å². The maximum absolute atomic E-state index is 12.7. The van der Waals surface area contributed by atoms with Gasteiger partial charge in [-0.2, -0.15) is 4.31 Å². The van der Waals surface area contributed by atoms with Crippen molar-refractivity contribution in [2.75, 3.05) is 19.6 Å². The van der Waals surface area contributed by atoms with Crippen molar-refractivity contribution in [2.24, 2.45) is 7.05 Å². The van der Waals surface area contributed by atoms with E-state index in [2.05, 4.69) is 31.6 Å². The van der Waals surface area contributed by atoms with Gasteiger partial charge in [-0.25, -0.2) is 13.1 Å². The molecule has 7 nitrogen and oxygen atoms in total. The second kappa shape index (κ2) is 4.55. The van der Waals surface area contributed by atoms with E-state index in [1.165, 1.54) is 8.99 Å². The molecule has 0 amide bonds. The molecule has 9 heteroatoms. The third kappa shape index (κ3) is 2.20. The smallest absolute Gasteiger partial charge is 0.263 e. The van der Waals surface area contributed by atoms with Crippen molar-refractivity contribution < 1.29 is 8.42 Å². The first-order valence-corrected chi connectivity index (χ1v) is 7.79. The van der Waals surface area contributed by atoms with Crippen LogP contribution >= 0.6 is 15.9 Å². The molecule has 2 heterocycles. The highest BCUT2D eigenvalue weighted by Crippen LogP contribution is 2.28. The predicted molar refractivity (Wildman–Crippen MR) is 69.5 cm³/mol. The van der Waals surface area contributed by atoms with Crippen LogP contribution in [0.15, 0.2) is 9.63 Å². The number of hydrogen-bond acceptors (Lipinski definition) is 5. The molecule has 0 aromatic carbocycles. The van der Waals surface area contributed by atoms with E-state index in [1.54, 1.807) is 7.05 Å². The SMILES string of the molecule is Cn1nnc(Br)c1S(=O)(=O)N1CCNCC1(C)C. The van der Waals surface area contributed by atoms with Crippen LogP contribution in [0.2, 0.25) is 0 Å². The fourth-order valence-corrected chi connectivity index (χ4v) is 4.93. The molecule has 18 heavy (non-hydrogen) atoms. The fourth-order valence-electron chi connectivity index (χ4n) is 2.11. The molecular formula is C9H16BrN5O2S. The van der Waals surface area contributed by atoms with Crippen LogP contribution in [-0.4, -0.2) is 52.9 Å². The zero-order valence-corrected chi connectivity index (χ0v) is 12.9. The van der Waals surface area contributed by atoms with E-state index in [4.69, 9.17) is 0 Å². The van der Waals surface area contributed by atoms with Gasteiger partial charge in [0.1, 0.15) is 0 Å². The lowest BCUT2D eigenvalue weighted by atomic mass is 10.0. The molecule has 1 N–H and O–H groups in total. The molecule has 0 radical (unpaired) electrons. The van der Waals surface area contributed by atoms with Crippen molar-refractivity contribution in [2.45, 2.75) is 24.4 Å². The zero-order chi connectivity index (χ0) is 13.6. The third-order valence-corrected chi connectivity index (χ3v) is 6.00. The fraction of sp³-hybridized carbons (Fsp3) is 0.778. The number of aromatic nitrogens is 3. The summed E-state index contributed by atoms with van der Waals surface area (Å²) in [5, 5.41) is 10.7. The molecule has 0 unspecified atom stereocenters. The quantitative estimate of drug-likeness (QED) is 0.818. The monoisotopic (exact) mass is 337 g/mol. The van der Waals surface area contributed by atoms with Gasteiger partial charge in [0, 0.05) is 32.2 Å². The van der Waals surface area contributed by atoms with Crippen molar-refractivity contribution in [3.8, 4) is 0 Å². The van der Waals surface area contributed by atoms with Gasteiger partial charge in [0.05, 0.1) is 0 Å². The van der Waals surface area contributed by atoms with Crippen LogP contribution in [0.4, 0.5) is 0 Å². The second-order valence-electron chi connectivity index (χ2n) is 4.88. The van der Waals surface area contributed by atoms with Gasteiger partial charge in [0.2, 0.25) is 5.03 Å². The Bertz CT molecular complexity index is 534. The van der Waals surface area contributed by atoms with E-state index in [-0.39, 0.29) is 9.63 Å². The zero-order valence-electron chi connectivity index (χ0n) is 10.5. The number of piperazine rings is 1. The maximum atomic E-state index is 12.7. The van der Waals surface area contributed by atoms with Crippen molar-refractivity contribution in [3.05, 3.63) is 4.60 Å². The number of hydrogen-bond donors (Lipinski definition) is 1. The van der Waals surface area contributed by atoms with Gasteiger partial charge in [-0.05, 0) is 29.8 Å². The van der Waals surface area contributed by atoms with E-state index in [9.17, 15) is 8.42 Å². The predicted octanol–water partition coefficient (Wildman–Crippen LogP) is -0.0499. The van der Waals surface area contributed by atoms with E-state index >= 15 is 0 Å². The summed E-state index contributed by atoms with van der Waals surface area (Å²) in [4.78, 5) is 0. The molecule has 0 atom stereocenters. The van der Waals surface area contributed by atoms with Crippen molar-refractivity contribution in [3.63, 3.8) is 0 Å². The minimum Gasteiger partial charge on any atom is -0.314 e. The van der Waals surface area contributed by atoms with Crippen molar-refractivity contribution in [1.82, 2.24) is 24.6 Å². The normalized spacial score (nSPS) is 21.1. The molecule has 1 aliphatic rings. The average Bonchev–Trinajstić information content (AvgIpc) is 2.57. The highest BCUT2D eigenvalue weighted by Gasteiger charge is 2.41. The third-order valence-electron chi connectivity index (χ3n) is 3.00. The lowest BCUT2D eigenvalue weighted by molar-refractivity contribution is 0.185. The molecule has 0 saturated carbocycles. The molecule has 2 rings (SSSR count). The minimum absolute atomic E-state index is 0.0949. The van der Waals surface area contributed by atoms with Crippen LogP contribution in [0.5, 0.6) is 0 Å². The molecule has 1 saturated heterocycles. The number of halogens is 1. The molecule has 1 fully saturated rings. The second-order valence-corrected chi connectivity index (χ2v) is 7.40. The van der Waals surface area contributed by atoms with Gasteiger partial charge in [0.15, 0.2) is 4.60 Å². The first kappa shape index (κ1) is 13.9. The molecule has 0 spiro atoms. The number of nitrogens with one attached hydrogen (secondary N) is 1. The van der Waals surface area contributed by atoms with Crippen molar-refractivity contribution >= 4 is 26.0 Å². The number of rotatable bonds is 2. The Balaban J connectivity index is 2.49. The summed E-state index contributed by atoms with van der Waals surface area (Å²) in [5.41, 5.74) is -0.471. The van der Waals surface area contributed by atoms with Gasteiger partial charge in [-0.3, -0.25) is 0 Å². The van der Waals surface area contributed by atoms with Crippen LogP contribution in [0.3, 0.4) is 0 Å². The van der Waals surface area contributed by atoms with E-state index in [0.717, 1.165) is 0 Å². The van der Waals surface area contributed by atoms with Crippen LogP contribution in [0.1, 0.15) is 13.8 Å². The van der Waals surface area contributed by atoms with Crippen LogP contribution in [0.25, 0.3) is 0 Å². The number of aryl methyl sites for hydroxylation is 1. The van der Waals surface area contributed by atoms with Gasteiger partial charge in [0.25, 0.3) is 10.0 Å². The summed E-state index contributed by atoms with van der Waals surface area (Å²) >= 11 is 3.14. The molecule has 1 aliphatic heterocycles. The van der Waals surface area contributed by atoms with Crippen LogP contribution in [-0.2, 0) is 17.1 Å². The first-order chi connectivity index (χ1) is 8.27. The summed E-state index contributed by atoms with van der Waals surface area (Å²) in [6.45, 7) is 5.50. The Morgan fingerprint density at radius 1 is 1.44 bits per heavy atom. The standard InChI is InChI=1S/C9H16BrN5O2S/c1-9(2)6-11-4-5-15(9)18(16,17)8-7(10)12-13-14(8)3/h11H,4-6H2,1-3H3. The summed E-state index contributed by atoms with van der Waals surface area (Å²) in [6, 6.07) is 0. The average molecular weight is 338 g/mol. The lowest BCUT2D eigenvalue weighted by Crippen LogP contribution is -2.59. The molecular weight excluding hydrogens is 322 g/mol. The van der Waals surface area contributed by atoms with Gasteiger partial charge >= 0.3 is 0 Å². The molecule has 1 aromatic heterocycles. The summed E-state index contributed by atoms with van der Waals surface area (Å²) in [5.74, 6) is 0. The highest BCUT2D eigenvalue weighted by atomic mass is 79.9.